The number of non-ortho nitro benzene ring substituents is 2. The van der Waals surface area contributed by atoms with E-state index in [-0.39, 0.29) is 33.9 Å². The maximum atomic E-state index is 15.3. The van der Waals surface area contributed by atoms with Crippen molar-refractivity contribution in [1.82, 2.24) is 29.5 Å². The molecule has 4 aromatic heterocycles. The van der Waals surface area contributed by atoms with Gasteiger partial charge in [-0.05, 0) is 55.8 Å². The van der Waals surface area contributed by atoms with Gasteiger partial charge in [0.2, 0.25) is 10.3 Å². The molecule has 0 fully saturated rings. The van der Waals surface area contributed by atoms with Crippen LogP contribution in [0.4, 0.5) is 11.4 Å². The molecule has 62 heavy (non-hydrogen) atoms. The molecule has 0 aliphatic carbocycles. The SMILES string of the molecule is Cc1ccc(-c2csc(-n3[nH]c(-c4ccc([N+](=O)[O-])cc4)c(C(c4ccc(Cl)cc4)c4c(-c5ccc([N+](=O)[O-])cc5)[nH]n(-c5nc(-c6ccc(C)cc6)cs5)c4=O)c3=O)n2)cc1. The number of nitro groups is 2. The molecular formula is C45H31ClN8O6S2. The van der Waals surface area contributed by atoms with Crippen LogP contribution < -0.4 is 11.1 Å². The average molecular weight is 879 g/mol. The van der Waals surface area contributed by atoms with Crippen LogP contribution >= 0.6 is 34.3 Å². The summed E-state index contributed by atoms with van der Waals surface area (Å²) in [5.41, 5.74) is 5.88. The molecule has 14 nitrogen and oxygen atoms in total. The van der Waals surface area contributed by atoms with Crippen LogP contribution in [0.1, 0.15) is 33.7 Å². The molecular weight excluding hydrogens is 848 g/mol. The number of hydrogen-bond acceptors (Lipinski definition) is 10. The zero-order chi connectivity index (χ0) is 43.2. The van der Waals surface area contributed by atoms with Gasteiger partial charge in [-0.3, -0.25) is 40.0 Å². The lowest BCUT2D eigenvalue weighted by Gasteiger charge is -2.18. The summed E-state index contributed by atoms with van der Waals surface area (Å²) in [6.45, 7) is 3.97. The quantitative estimate of drug-likeness (QED) is 0.0948. The van der Waals surface area contributed by atoms with Gasteiger partial charge in [-0.25, -0.2) is 9.97 Å². The van der Waals surface area contributed by atoms with Crippen molar-refractivity contribution in [1.29, 1.82) is 0 Å². The number of rotatable bonds is 11. The monoisotopic (exact) mass is 878 g/mol. The molecule has 17 heteroatoms. The molecule has 4 heterocycles. The van der Waals surface area contributed by atoms with E-state index in [1.54, 1.807) is 24.3 Å². The van der Waals surface area contributed by atoms with Crippen LogP contribution in [-0.4, -0.2) is 39.4 Å². The van der Waals surface area contributed by atoms with E-state index in [1.807, 2.05) is 73.1 Å². The van der Waals surface area contributed by atoms with E-state index in [0.717, 1.165) is 22.3 Å². The molecule has 0 bridgehead atoms. The molecule has 0 amide bonds. The highest BCUT2D eigenvalue weighted by atomic mass is 35.5. The zero-order valence-corrected chi connectivity index (χ0v) is 35.0. The zero-order valence-electron chi connectivity index (χ0n) is 32.6. The predicted molar refractivity (Wildman–Crippen MR) is 241 cm³/mol. The number of nitrogens with zero attached hydrogens (tertiary/aromatic N) is 6. The number of nitrogens with one attached hydrogen (secondary N) is 2. The molecule has 9 rings (SSSR count). The second kappa shape index (κ2) is 16.2. The second-order valence-electron chi connectivity index (χ2n) is 14.4. The van der Waals surface area contributed by atoms with E-state index in [9.17, 15) is 20.2 Å². The van der Waals surface area contributed by atoms with Crippen molar-refractivity contribution in [2.75, 3.05) is 0 Å². The highest BCUT2D eigenvalue weighted by Crippen LogP contribution is 2.40. The van der Waals surface area contributed by atoms with E-state index < -0.39 is 26.9 Å². The molecule has 0 radical (unpaired) electrons. The number of halogens is 1. The molecule has 306 valence electrons. The lowest BCUT2D eigenvalue weighted by molar-refractivity contribution is -0.385. The fourth-order valence-corrected chi connectivity index (χ4v) is 8.93. The molecule has 0 saturated heterocycles. The van der Waals surface area contributed by atoms with Crippen LogP contribution in [0.5, 0.6) is 0 Å². The van der Waals surface area contributed by atoms with Crippen LogP contribution in [0.2, 0.25) is 5.02 Å². The number of aromatic amines is 2. The molecule has 0 atom stereocenters. The standard InChI is InChI=1S/C45H31ClN8O6S2/c1-25-3-7-27(8-4-25)35-23-61-44(47-35)51-42(55)38(40(49-51)30-13-19-33(20-14-30)53(57)58)37(29-11-17-32(46)18-12-29)39-41(31-15-21-34(22-16-31)54(59)60)50-52(43(39)56)45-48-36(24-62-45)28-9-5-26(2)6-10-28/h3-24,37,49-50H,1-2H3. The van der Waals surface area contributed by atoms with Gasteiger partial charge in [-0.15, -0.1) is 22.7 Å². The smallest absolute Gasteiger partial charge is 0.278 e. The Balaban J connectivity index is 1.31. The maximum Gasteiger partial charge on any atom is 0.278 e. The molecule has 0 saturated carbocycles. The van der Waals surface area contributed by atoms with Crippen molar-refractivity contribution in [2.45, 2.75) is 19.8 Å². The first-order chi connectivity index (χ1) is 29.9. The molecule has 0 aliphatic heterocycles. The van der Waals surface area contributed by atoms with Gasteiger partial charge in [0.1, 0.15) is 0 Å². The van der Waals surface area contributed by atoms with E-state index in [4.69, 9.17) is 21.6 Å². The van der Waals surface area contributed by atoms with Crippen molar-refractivity contribution < 1.29 is 9.85 Å². The van der Waals surface area contributed by atoms with Gasteiger partial charge in [-0.2, -0.15) is 9.36 Å². The fraction of sp³-hybridized carbons (Fsp3) is 0.0667. The lowest BCUT2D eigenvalue weighted by Crippen LogP contribution is -2.25. The van der Waals surface area contributed by atoms with E-state index in [2.05, 4.69) is 10.2 Å². The van der Waals surface area contributed by atoms with Crippen LogP contribution in [-0.2, 0) is 0 Å². The first-order valence-electron chi connectivity index (χ1n) is 18.9. The molecule has 2 N–H and O–H groups in total. The van der Waals surface area contributed by atoms with Gasteiger partial charge in [0, 0.05) is 68.2 Å². The summed E-state index contributed by atoms with van der Waals surface area (Å²) in [5.74, 6) is -1.13. The Labute approximate surface area is 364 Å². The number of hydrogen-bond donors (Lipinski definition) is 2. The van der Waals surface area contributed by atoms with Crippen LogP contribution in [0.3, 0.4) is 0 Å². The number of H-pyrrole nitrogens is 2. The Morgan fingerprint density at radius 3 is 1.31 bits per heavy atom. The summed E-state index contributed by atoms with van der Waals surface area (Å²) in [4.78, 5) is 62.7. The van der Waals surface area contributed by atoms with Crippen LogP contribution in [0.15, 0.2) is 142 Å². The van der Waals surface area contributed by atoms with E-state index >= 15 is 9.59 Å². The van der Waals surface area contributed by atoms with Crippen molar-refractivity contribution >= 4 is 45.6 Å². The lowest BCUT2D eigenvalue weighted by atomic mass is 9.83. The molecule has 0 spiro atoms. The predicted octanol–water partition coefficient (Wildman–Crippen LogP) is 10.5. The van der Waals surface area contributed by atoms with E-state index in [1.165, 1.54) is 80.6 Å². The summed E-state index contributed by atoms with van der Waals surface area (Å²) >= 11 is 8.90. The third-order valence-corrected chi connectivity index (χ3v) is 12.3. The third kappa shape index (κ3) is 7.46. The van der Waals surface area contributed by atoms with Gasteiger partial charge < -0.3 is 0 Å². The minimum Gasteiger partial charge on any atom is -0.288 e. The number of aryl methyl sites for hydroxylation is 2. The average Bonchev–Trinajstić information content (AvgIpc) is 4.09. The number of aromatic nitrogens is 6. The third-order valence-electron chi connectivity index (χ3n) is 10.4. The topological polar surface area (TPSA) is 188 Å². The van der Waals surface area contributed by atoms with Crippen molar-refractivity contribution in [2.24, 2.45) is 0 Å². The van der Waals surface area contributed by atoms with Gasteiger partial charge in [0.15, 0.2) is 0 Å². The summed E-state index contributed by atoms with van der Waals surface area (Å²) in [6, 6.07) is 33.9. The number of benzene rings is 5. The summed E-state index contributed by atoms with van der Waals surface area (Å²) in [5, 5.41) is 34.7. The van der Waals surface area contributed by atoms with Crippen molar-refractivity contribution in [3.63, 3.8) is 0 Å². The summed E-state index contributed by atoms with van der Waals surface area (Å²) < 4.78 is 2.62. The Morgan fingerprint density at radius 1 is 0.565 bits per heavy atom. The largest absolute Gasteiger partial charge is 0.288 e. The van der Waals surface area contributed by atoms with Gasteiger partial charge in [0.25, 0.3) is 22.5 Å². The highest BCUT2D eigenvalue weighted by molar-refractivity contribution is 7.12. The van der Waals surface area contributed by atoms with Crippen LogP contribution in [0.25, 0.3) is 55.3 Å². The molecule has 5 aromatic carbocycles. The van der Waals surface area contributed by atoms with Crippen LogP contribution in [0, 0.1) is 34.1 Å². The summed E-state index contributed by atoms with van der Waals surface area (Å²) in [6.07, 6.45) is 0. The van der Waals surface area contributed by atoms with Gasteiger partial charge in [0.05, 0.1) is 43.7 Å². The first kappa shape index (κ1) is 39.9. The minimum absolute atomic E-state index is 0.124. The van der Waals surface area contributed by atoms with Gasteiger partial charge in [-0.1, -0.05) is 83.4 Å². The first-order valence-corrected chi connectivity index (χ1v) is 21.1. The van der Waals surface area contributed by atoms with Gasteiger partial charge >= 0.3 is 0 Å². The number of nitro benzene ring substituents is 2. The molecule has 0 aliphatic rings. The second-order valence-corrected chi connectivity index (χ2v) is 16.5. The summed E-state index contributed by atoms with van der Waals surface area (Å²) in [7, 11) is 0. The minimum atomic E-state index is -1.13. The fourth-order valence-electron chi connectivity index (χ4n) is 7.23. The Bertz CT molecular complexity index is 3060. The van der Waals surface area contributed by atoms with E-state index in [0.29, 0.717) is 43.4 Å². The Morgan fingerprint density at radius 2 is 0.935 bits per heavy atom. The van der Waals surface area contributed by atoms with Crippen molar-refractivity contribution in [3.05, 3.63) is 206 Å². The Kier molecular flexibility index (Phi) is 10.4. The normalized spacial score (nSPS) is 11.4. The highest BCUT2D eigenvalue weighted by Gasteiger charge is 2.35. The molecule has 0 unspecified atom stereocenters. The maximum absolute atomic E-state index is 15.3. The number of thiazole rings is 2. The Hall–Kier alpha value is -7.53. The molecule has 9 aromatic rings. The van der Waals surface area contributed by atoms with Crippen molar-refractivity contribution in [3.8, 4) is 55.3 Å².